The number of pyridine rings is 1. The SMILES string of the molecule is CNCC1Cc2cc(F)cc(-c3cccnc3)c2O1. The molecular formula is C15H15FN2O. The summed E-state index contributed by atoms with van der Waals surface area (Å²) in [4.78, 5) is 4.08. The van der Waals surface area contributed by atoms with Crippen molar-refractivity contribution in [2.75, 3.05) is 13.6 Å². The van der Waals surface area contributed by atoms with Gasteiger partial charge >= 0.3 is 0 Å². The van der Waals surface area contributed by atoms with Crippen LogP contribution in [0.2, 0.25) is 0 Å². The Bertz CT molecular complexity index is 586. The van der Waals surface area contributed by atoms with Crippen molar-refractivity contribution in [2.24, 2.45) is 0 Å². The molecule has 0 saturated carbocycles. The van der Waals surface area contributed by atoms with Gasteiger partial charge in [-0.3, -0.25) is 4.98 Å². The van der Waals surface area contributed by atoms with Crippen molar-refractivity contribution < 1.29 is 9.13 Å². The van der Waals surface area contributed by atoms with Gasteiger partial charge in [-0.1, -0.05) is 6.07 Å². The van der Waals surface area contributed by atoms with Crippen LogP contribution in [0.3, 0.4) is 0 Å². The van der Waals surface area contributed by atoms with Crippen molar-refractivity contribution in [3.8, 4) is 16.9 Å². The normalized spacial score (nSPS) is 17.1. The maximum absolute atomic E-state index is 13.7. The van der Waals surface area contributed by atoms with Gasteiger partial charge in [-0.25, -0.2) is 4.39 Å². The molecule has 1 atom stereocenters. The van der Waals surface area contributed by atoms with Crippen molar-refractivity contribution in [1.82, 2.24) is 10.3 Å². The van der Waals surface area contributed by atoms with Gasteiger partial charge in [0.2, 0.25) is 0 Å². The third-order valence-electron chi connectivity index (χ3n) is 3.27. The van der Waals surface area contributed by atoms with Crippen LogP contribution < -0.4 is 10.1 Å². The lowest BCUT2D eigenvalue weighted by Crippen LogP contribution is -2.27. The van der Waals surface area contributed by atoms with Crippen molar-refractivity contribution in [3.63, 3.8) is 0 Å². The third-order valence-corrected chi connectivity index (χ3v) is 3.27. The van der Waals surface area contributed by atoms with Gasteiger partial charge < -0.3 is 10.1 Å². The molecule has 0 bridgehead atoms. The highest BCUT2D eigenvalue weighted by atomic mass is 19.1. The van der Waals surface area contributed by atoms with E-state index in [2.05, 4.69) is 10.3 Å². The van der Waals surface area contributed by atoms with Crippen LogP contribution in [0.5, 0.6) is 5.75 Å². The van der Waals surface area contributed by atoms with E-state index in [1.165, 1.54) is 6.07 Å². The Kier molecular flexibility index (Phi) is 3.17. The number of fused-ring (bicyclic) bond motifs is 1. The minimum Gasteiger partial charge on any atom is -0.488 e. The molecule has 19 heavy (non-hydrogen) atoms. The van der Waals surface area contributed by atoms with E-state index >= 15 is 0 Å². The zero-order valence-corrected chi connectivity index (χ0v) is 10.7. The number of likely N-dealkylation sites (N-methyl/N-ethyl adjacent to an activating group) is 1. The van der Waals surface area contributed by atoms with Gasteiger partial charge in [0.1, 0.15) is 17.7 Å². The molecule has 0 saturated heterocycles. The van der Waals surface area contributed by atoms with Crippen LogP contribution in [0.1, 0.15) is 5.56 Å². The fraction of sp³-hybridized carbons (Fsp3) is 0.267. The first-order chi connectivity index (χ1) is 9.28. The number of aromatic nitrogens is 1. The van der Waals surface area contributed by atoms with Crippen LogP contribution in [-0.2, 0) is 6.42 Å². The van der Waals surface area contributed by atoms with Crippen LogP contribution >= 0.6 is 0 Å². The second kappa shape index (κ2) is 4.97. The summed E-state index contributed by atoms with van der Waals surface area (Å²) in [6.45, 7) is 0.753. The Morgan fingerprint density at radius 1 is 1.47 bits per heavy atom. The van der Waals surface area contributed by atoms with Gasteiger partial charge in [0.25, 0.3) is 0 Å². The number of halogens is 1. The molecule has 1 aromatic carbocycles. The predicted molar refractivity (Wildman–Crippen MR) is 71.7 cm³/mol. The van der Waals surface area contributed by atoms with Crippen molar-refractivity contribution in [3.05, 3.63) is 48.0 Å². The average molecular weight is 258 g/mol. The maximum atomic E-state index is 13.7. The molecule has 0 radical (unpaired) electrons. The lowest BCUT2D eigenvalue weighted by Gasteiger charge is -2.12. The fourth-order valence-electron chi connectivity index (χ4n) is 2.47. The summed E-state index contributed by atoms with van der Waals surface area (Å²) in [6, 6.07) is 6.83. The highest BCUT2D eigenvalue weighted by Gasteiger charge is 2.26. The van der Waals surface area contributed by atoms with Crippen LogP contribution in [0.4, 0.5) is 4.39 Å². The van der Waals surface area contributed by atoms with E-state index in [9.17, 15) is 4.39 Å². The second-order valence-corrected chi connectivity index (χ2v) is 4.68. The molecule has 0 amide bonds. The van der Waals surface area contributed by atoms with Crippen molar-refractivity contribution in [2.45, 2.75) is 12.5 Å². The molecule has 1 aliphatic rings. The van der Waals surface area contributed by atoms with Crippen molar-refractivity contribution >= 4 is 0 Å². The highest BCUT2D eigenvalue weighted by molar-refractivity contribution is 5.72. The standard InChI is InChI=1S/C15H15FN2O/c1-17-9-13-6-11-5-12(16)7-14(15(11)19-13)10-3-2-4-18-8-10/h2-5,7-8,13,17H,6,9H2,1H3. The molecule has 3 rings (SSSR count). The summed E-state index contributed by atoms with van der Waals surface area (Å²) in [5.41, 5.74) is 2.59. The molecule has 0 spiro atoms. The van der Waals surface area contributed by atoms with E-state index in [0.717, 1.165) is 35.4 Å². The summed E-state index contributed by atoms with van der Waals surface area (Å²) in [5.74, 6) is 0.556. The molecule has 98 valence electrons. The first kappa shape index (κ1) is 12.1. The topological polar surface area (TPSA) is 34.2 Å². The summed E-state index contributed by atoms with van der Waals surface area (Å²) in [7, 11) is 1.88. The second-order valence-electron chi connectivity index (χ2n) is 4.68. The monoisotopic (exact) mass is 258 g/mol. The number of hydrogen-bond acceptors (Lipinski definition) is 3. The Hall–Kier alpha value is -1.94. The van der Waals surface area contributed by atoms with Gasteiger partial charge in [0, 0.05) is 42.0 Å². The molecule has 1 aliphatic heterocycles. The molecule has 2 aromatic rings. The van der Waals surface area contributed by atoms with E-state index in [4.69, 9.17) is 4.74 Å². The van der Waals surface area contributed by atoms with E-state index in [0.29, 0.717) is 0 Å². The van der Waals surface area contributed by atoms with E-state index in [-0.39, 0.29) is 11.9 Å². The zero-order valence-electron chi connectivity index (χ0n) is 10.7. The Morgan fingerprint density at radius 3 is 3.11 bits per heavy atom. The quantitative estimate of drug-likeness (QED) is 0.918. The molecule has 1 aromatic heterocycles. The largest absolute Gasteiger partial charge is 0.488 e. The fourth-order valence-corrected chi connectivity index (χ4v) is 2.47. The molecule has 3 nitrogen and oxygen atoms in total. The summed E-state index contributed by atoms with van der Waals surface area (Å²) in [5, 5.41) is 3.09. The lowest BCUT2D eigenvalue weighted by molar-refractivity contribution is 0.232. The van der Waals surface area contributed by atoms with Gasteiger partial charge in [-0.05, 0) is 25.2 Å². The molecule has 0 aliphatic carbocycles. The molecular weight excluding hydrogens is 243 g/mol. The number of rotatable bonds is 3. The number of benzene rings is 1. The first-order valence-electron chi connectivity index (χ1n) is 6.32. The van der Waals surface area contributed by atoms with Crippen molar-refractivity contribution in [1.29, 1.82) is 0 Å². The predicted octanol–water partition coefficient (Wildman–Crippen LogP) is 2.41. The molecule has 2 heterocycles. The Balaban J connectivity index is 2.04. The number of nitrogens with zero attached hydrogens (tertiary/aromatic N) is 1. The van der Waals surface area contributed by atoms with Crippen LogP contribution in [-0.4, -0.2) is 24.7 Å². The minimum absolute atomic E-state index is 0.0669. The third kappa shape index (κ3) is 2.31. The Labute approximate surface area is 111 Å². The number of hydrogen-bond donors (Lipinski definition) is 1. The zero-order chi connectivity index (χ0) is 13.2. The Morgan fingerprint density at radius 2 is 2.37 bits per heavy atom. The van der Waals surface area contributed by atoms with E-state index in [1.807, 2.05) is 19.2 Å². The van der Waals surface area contributed by atoms with Gasteiger partial charge in [-0.15, -0.1) is 0 Å². The first-order valence-corrected chi connectivity index (χ1v) is 6.32. The number of nitrogens with one attached hydrogen (secondary N) is 1. The van der Waals surface area contributed by atoms with Crippen LogP contribution in [0, 0.1) is 5.82 Å². The molecule has 1 N–H and O–H groups in total. The van der Waals surface area contributed by atoms with Gasteiger partial charge in [0.05, 0.1) is 0 Å². The van der Waals surface area contributed by atoms with Gasteiger partial charge in [0.15, 0.2) is 0 Å². The lowest BCUT2D eigenvalue weighted by atomic mass is 10.0. The highest BCUT2D eigenvalue weighted by Crippen LogP contribution is 2.39. The van der Waals surface area contributed by atoms with Crippen LogP contribution in [0.15, 0.2) is 36.7 Å². The maximum Gasteiger partial charge on any atom is 0.131 e. The summed E-state index contributed by atoms with van der Waals surface area (Å²) in [6.07, 6.45) is 4.23. The van der Waals surface area contributed by atoms with E-state index < -0.39 is 0 Å². The van der Waals surface area contributed by atoms with Gasteiger partial charge in [-0.2, -0.15) is 0 Å². The molecule has 4 heteroatoms. The molecule has 0 fully saturated rings. The minimum atomic E-state index is -0.230. The smallest absolute Gasteiger partial charge is 0.131 e. The number of ether oxygens (including phenoxy) is 1. The molecule has 1 unspecified atom stereocenters. The van der Waals surface area contributed by atoms with Crippen LogP contribution in [0.25, 0.3) is 11.1 Å². The average Bonchev–Trinajstić information content (AvgIpc) is 2.81. The summed E-state index contributed by atoms with van der Waals surface area (Å²) < 4.78 is 19.7. The van der Waals surface area contributed by atoms with E-state index in [1.54, 1.807) is 18.5 Å². The summed E-state index contributed by atoms with van der Waals surface area (Å²) >= 11 is 0.